The van der Waals surface area contributed by atoms with Gasteiger partial charge in [0.1, 0.15) is 24.6 Å². The summed E-state index contributed by atoms with van der Waals surface area (Å²) in [6, 6.07) is 34.7. The molecule has 3 heterocycles. The zero-order valence-corrected chi connectivity index (χ0v) is 30.6. The first-order valence-electron chi connectivity index (χ1n) is 18.2. The van der Waals surface area contributed by atoms with Gasteiger partial charge in [-0.15, -0.1) is 0 Å². The molecule has 6 atom stereocenters. The molecule has 56 heavy (non-hydrogen) atoms. The summed E-state index contributed by atoms with van der Waals surface area (Å²) in [5.74, 6) is -0.868. The number of esters is 3. The number of carbonyl (C=O) groups is 3. The van der Waals surface area contributed by atoms with Crippen LogP contribution in [0.4, 0.5) is 5.82 Å². The van der Waals surface area contributed by atoms with E-state index in [0.29, 0.717) is 16.9 Å². The van der Waals surface area contributed by atoms with E-state index in [2.05, 4.69) is 20.3 Å². The van der Waals surface area contributed by atoms with Crippen LogP contribution in [0, 0.1) is 0 Å². The highest BCUT2D eigenvalue weighted by molar-refractivity contribution is 6.28. The maximum atomic E-state index is 13.7. The fraction of sp³-hybridized carbons (Fsp3) is 0.238. The number of benzene rings is 4. The van der Waals surface area contributed by atoms with E-state index in [1.54, 1.807) is 95.6 Å². The highest BCUT2D eigenvalue weighted by Gasteiger charge is 2.52. The number of hydrogen-bond donors (Lipinski definition) is 1. The molecule has 1 aliphatic heterocycles. The number of para-hydroxylation sites is 1. The number of ether oxygens (including phenoxy) is 5. The summed E-state index contributed by atoms with van der Waals surface area (Å²) in [4.78, 5) is 54.1. The lowest BCUT2D eigenvalue weighted by atomic mass is 10.1. The molecule has 8 rings (SSSR count). The molecule has 0 spiro atoms. The van der Waals surface area contributed by atoms with Crippen LogP contribution in [0.2, 0.25) is 5.28 Å². The summed E-state index contributed by atoms with van der Waals surface area (Å²) in [6.07, 6.45) is -0.887. The highest BCUT2D eigenvalue weighted by Crippen LogP contribution is 2.38. The van der Waals surface area contributed by atoms with Gasteiger partial charge in [0.25, 0.3) is 0 Å². The zero-order chi connectivity index (χ0) is 38.4. The zero-order valence-electron chi connectivity index (χ0n) is 29.8. The maximum absolute atomic E-state index is 13.7. The van der Waals surface area contributed by atoms with Crippen molar-refractivity contribution in [3.8, 4) is 5.75 Å². The van der Waals surface area contributed by atoms with E-state index >= 15 is 0 Å². The van der Waals surface area contributed by atoms with Gasteiger partial charge < -0.3 is 29.0 Å². The Morgan fingerprint density at radius 1 is 0.732 bits per heavy atom. The lowest BCUT2D eigenvalue weighted by Gasteiger charge is -2.25. The first-order chi connectivity index (χ1) is 27.4. The van der Waals surface area contributed by atoms with Crippen molar-refractivity contribution < 1.29 is 38.1 Å². The molecule has 2 aromatic heterocycles. The molecule has 14 heteroatoms. The number of nitrogens with one attached hydrogen (secondary N) is 1. The molecule has 0 unspecified atom stereocenters. The van der Waals surface area contributed by atoms with Crippen molar-refractivity contribution in [2.24, 2.45) is 0 Å². The normalized spacial score (nSPS) is 21.7. The van der Waals surface area contributed by atoms with Crippen molar-refractivity contribution >= 4 is 46.5 Å². The first-order valence-corrected chi connectivity index (χ1v) is 18.6. The molecule has 2 fully saturated rings. The van der Waals surface area contributed by atoms with E-state index in [-0.39, 0.29) is 40.8 Å². The number of aromatic nitrogens is 4. The summed E-state index contributed by atoms with van der Waals surface area (Å²) in [7, 11) is 0. The van der Waals surface area contributed by atoms with Crippen LogP contribution in [0.15, 0.2) is 128 Å². The molecule has 13 nitrogen and oxygen atoms in total. The topological polar surface area (TPSA) is 153 Å². The number of fused-ring (bicyclic) bond motifs is 1. The molecule has 1 saturated heterocycles. The molecule has 1 N–H and O–H groups in total. The van der Waals surface area contributed by atoms with Crippen LogP contribution in [0.3, 0.4) is 0 Å². The molecule has 1 saturated carbocycles. The van der Waals surface area contributed by atoms with E-state index in [0.717, 1.165) is 25.0 Å². The summed E-state index contributed by atoms with van der Waals surface area (Å²) in [6.45, 7) is -0.351. The van der Waals surface area contributed by atoms with Crippen molar-refractivity contribution in [2.45, 2.75) is 55.9 Å². The smallest absolute Gasteiger partial charge is 0.338 e. The average Bonchev–Trinajstić information content (AvgIpc) is 3.95. The minimum atomic E-state index is -1.28. The van der Waals surface area contributed by atoms with E-state index in [4.69, 9.17) is 35.3 Å². The Bertz CT molecular complexity index is 2300. The molecule has 1 aliphatic carbocycles. The Balaban J connectivity index is 1.14. The van der Waals surface area contributed by atoms with Crippen LogP contribution in [0.5, 0.6) is 5.75 Å². The molecule has 0 bridgehead atoms. The minimum Gasteiger partial charge on any atom is -0.488 e. The van der Waals surface area contributed by atoms with Crippen molar-refractivity contribution in [2.75, 3.05) is 11.9 Å². The number of anilines is 1. The second kappa shape index (κ2) is 16.6. The van der Waals surface area contributed by atoms with Crippen LogP contribution in [0.25, 0.3) is 11.2 Å². The van der Waals surface area contributed by atoms with Crippen LogP contribution in [-0.4, -0.2) is 74.5 Å². The van der Waals surface area contributed by atoms with E-state index in [1.807, 2.05) is 30.3 Å². The van der Waals surface area contributed by atoms with Gasteiger partial charge in [0.05, 0.1) is 29.1 Å². The monoisotopic (exact) mass is 773 g/mol. The maximum Gasteiger partial charge on any atom is 0.338 e. The Kier molecular flexibility index (Phi) is 10.9. The molecule has 6 aromatic rings. The third-order valence-electron chi connectivity index (χ3n) is 9.65. The first kappa shape index (κ1) is 36.7. The fourth-order valence-electron chi connectivity index (χ4n) is 6.94. The highest BCUT2D eigenvalue weighted by atomic mass is 35.5. The Morgan fingerprint density at radius 2 is 1.30 bits per heavy atom. The van der Waals surface area contributed by atoms with Gasteiger partial charge in [-0.1, -0.05) is 72.8 Å². The Hall–Kier alpha value is -6.31. The van der Waals surface area contributed by atoms with Crippen molar-refractivity contribution in [1.82, 2.24) is 19.5 Å². The molecule has 0 amide bonds. The van der Waals surface area contributed by atoms with Gasteiger partial charge in [0.2, 0.25) is 5.28 Å². The Morgan fingerprint density at radius 3 is 1.93 bits per heavy atom. The number of carbonyl (C=O) groups excluding carboxylic acids is 3. The molecule has 2 aliphatic rings. The molecular weight excluding hydrogens is 738 g/mol. The second-order valence-corrected chi connectivity index (χ2v) is 13.7. The predicted octanol–water partition coefficient (Wildman–Crippen LogP) is 7.10. The summed E-state index contributed by atoms with van der Waals surface area (Å²) >= 11 is 6.56. The van der Waals surface area contributed by atoms with E-state index < -0.39 is 42.4 Å². The standard InChI is InChI=1S/C42H36ClN5O8/c43-42-46-36(45-30-22-13-23-31(30)53-29-20-11-4-12-21-29)33-37(47-42)48(25-44-33)38-35(56-41(51)28-18-9-3-10-19-28)34(55-40(50)27-16-7-2-8-17-27)32(54-38)24-52-39(49)26-14-5-1-6-15-26/h1-12,14-21,25,30-32,34-35,38H,13,22-24H2,(H,45,46,47)/t30-,31+,32-,34-,35-,38-/m1/s1. The Labute approximate surface area is 326 Å². The third kappa shape index (κ3) is 8.04. The van der Waals surface area contributed by atoms with E-state index in [9.17, 15) is 14.4 Å². The number of hydrogen-bond acceptors (Lipinski definition) is 12. The number of rotatable bonds is 12. The van der Waals surface area contributed by atoms with Crippen LogP contribution >= 0.6 is 11.6 Å². The fourth-order valence-corrected chi connectivity index (χ4v) is 7.10. The van der Waals surface area contributed by atoms with Crippen LogP contribution in [0.1, 0.15) is 56.6 Å². The van der Waals surface area contributed by atoms with Gasteiger partial charge in [-0.2, -0.15) is 9.97 Å². The minimum absolute atomic E-state index is 0.0727. The largest absolute Gasteiger partial charge is 0.488 e. The predicted molar refractivity (Wildman–Crippen MR) is 204 cm³/mol. The number of imidazole rings is 1. The van der Waals surface area contributed by atoms with Gasteiger partial charge in [0, 0.05) is 0 Å². The van der Waals surface area contributed by atoms with Gasteiger partial charge in [-0.05, 0) is 79.4 Å². The lowest BCUT2D eigenvalue weighted by Crippen LogP contribution is -2.41. The van der Waals surface area contributed by atoms with Crippen LogP contribution < -0.4 is 10.1 Å². The molecular formula is C42H36ClN5O8. The lowest BCUT2D eigenvalue weighted by molar-refractivity contribution is -0.0606. The number of halogens is 1. The third-order valence-corrected chi connectivity index (χ3v) is 9.82. The van der Waals surface area contributed by atoms with E-state index in [1.165, 1.54) is 6.33 Å². The van der Waals surface area contributed by atoms with Crippen molar-refractivity contribution in [1.29, 1.82) is 0 Å². The summed E-state index contributed by atoms with van der Waals surface area (Å²) in [5, 5.41) is 3.41. The van der Waals surface area contributed by atoms with Gasteiger partial charge in [-0.3, -0.25) is 4.57 Å². The second-order valence-electron chi connectivity index (χ2n) is 13.3. The summed E-state index contributed by atoms with van der Waals surface area (Å²) in [5.41, 5.74) is 1.46. The van der Waals surface area contributed by atoms with Crippen molar-refractivity contribution in [3.63, 3.8) is 0 Å². The number of nitrogens with zero attached hydrogens (tertiary/aromatic N) is 4. The van der Waals surface area contributed by atoms with Gasteiger partial charge in [-0.25, -0.2) is 19.4 Å². The molecule has 284 valence electrons. The molecule has 0 radical (unpaired) electrons. The average molecular weight is 774 g/mol. The SMILES string of the molecule is O=C(OC[C@H]1O[C@@H](n2cnc3c(N[C@@H]4CCC[C@@H]4Oc4ccccc4)nc(Cl)nc32)[C@H](OC(=O)c2ccccc2)[C@@H]1OC(=O)c1ccccc1)c1ccccc1. The van der Waals surface area contributed by atoms with Gasteiger partial charge >= 0.3 is 17.9 Å². The van der Waals surface area contributed by atoms with Crippen molar-refractivity contribution in [3.05, 3.63) is 150 Å². The van der Waals surface area contributed by atoms with Crippen LogP contribution in [-0.2, 0) is 18.9 Å². The molecule has 4 aromatic carbocycles. The quantitative estimate of drug-likeness (QED) is 0.0767. The summed E-state index contributed by atoms with van der Waals surface area (Å²) < 4.78 is 32.3. The van der Waals surface area contributed by atoms with Gasteiger partial charge in [0.15, 0.2) is 35.4 Å².